The summed E-state index contributed by atoms with van der Waals surface area (Å²) < 4.78 is 23.5. The molecule has 7 heteroatoms. The quantitative estimate of drug-likeness (QED) is 0.613. The first-order chi connectivity index (χ1) is 13.6. The van der Waals surface area contributed by atoms with Crippen LogP contribution in [0.2, 0.25) is 0 Å². The smallest absolute Gasteiger partial charge is 0.279 e. The fraction of sp³-hybridized carbons (Fsp3) is 0.381. The molecule has 0 aliphatic carbocycles. The van der Waals surface area contributed by atoms with Crippen molar-refractivity contribution in [2.75, 3.05) is 52.3 Å². The highest BCUT2D eigenvalue weighted by Crippen LogP contribution is 2.28. The Balaban J connectivity index is 1.46. The minimum absolute atomic E-state index is 0.0274. The van der Waals surface area contributed by atoms with Gasteiger partial charge in [-0.1, -0.05) is 12.1 Å². The summed E-state index contributed by atoms with van der Waals surface area (Å²) in [5.41, 5.74) is 1.79. The van der Waals surface area contributed by atoms with Gasteiger partial charge >= 0.3 is 0 Å². The monoisotopic (exact) mass is 389 g/mol. The first-order valence-corrected chi connectivity index (χ1v) is 9.51. The van der Waals surface area contributed by atoms with E-state index in [-0.39, 0.29) is 11.7 Å². The van der Waals surface area contributed by atoms with Crippen LogP contribution in [0.5, 0.6) is 11.5 Å². The van der Waals surface area contributed by atoms with Gasteiger partial charge in [-0.2, -0.15) is 0 Å². The van der Waals surface area contributed by atoms with Crippen LogP contribution in [0.15, 0.2) is 42.5 Å². The van der Waals surface area contributed by atoms with E-state index in [1.807, 2.05) is 12.1 Å². The van der Waals surface area contributed by atoms with Crippen LogP contribution in [-0.2, 0) is 11.3 Å². The largest absolute Gasteiger partial charge is 0.497 e. The highest BCUT2D eigenvalue weighted by Gasteiger charge is 2.25. The topological polar surface area (TPSA) is 56.4 Å². The number of benzene rings is 2. The fourth-order valence-electron chi connectivity index (χ4n) is 3.52. The summed E-state index contributed by atoms with van der Waals surface area (Å²) >= 11 is 0. The summed E-state index contributed by atoms with van der Waals surface area (Å²) in [7, 11) is 3.16. The van der Waals surface area contributed by atoms with Crippen LogP contribution >= 0.6 is 0 Å². The standard InChI is InChI=1S/C21H26FN3O3/c1-27-18-7-8-19(20(13-18)28-2)23-21(26)15-25-11-9-24(10-12-25)14-16-3-5-17(22)6-4-16/h3-8,13H,9-12,14-15H2,1-2H3,(H,23,26)/p+2. The molecule has 1 heterocycles. The third-order valence-electron chi connectivity index (χ3n) is 5.12. The number of halogens is 1. The molecule has 1 fully saturated rings. The zero-order chi connectivity index (χ0) is 19.9. The summed E-state index contributed by atoms with van der Waals surface area (Å²) in [6.45, 7) is 5.17. The molecule has 1 saturated heterocycles. The predicted octanol–water partition coefficient (Wildman–Crippen LogP) is -0.235. The van der Waals surface area contributed by atoms with Gasteiger partial charge in [0.15, 0.2) is 6.54 Å². The molecule has 0 aromatic heterocycles. The molecule has 3 N–H and O–H groups in total. The van der Waals surface area contributed by atoms with Crippen molar-refractivity contribution in [1.29, 1.82) is 0 Å². The molecule has 6 nitrogen and oxygen atoms in total. The minimum atomic E-state index is -0.201. The number of methoxy groups -OCH3 is 2. The average molecular weight is 389 g/mol. The maximum Gasteiger partial charge on any atom is 0.279 e. The van der Waals surface area contributed by atoms with Crippen molar-refractivity contribution in [2.45, 2.75) is 6.54 Å². The normalized spacial score (nSPS) is 19.1. The maximum absolute atomic E-state index is 13.0. The zero-order valence-electron chi connectivity index (χ0n) is 16.4. The lowest BCUT2D eigenvalue weighted by Crippen LogP contribution is -3.28. The molecule has 0 unspecified atom stereocenters. The Labute approximate surface area is 164 Å². The number of hydrogen-bond acceptors (Lipinski definition) is 3. The van der Waals surface area contributed by atoms with Crippen LogP contribution in [0, 0.1) is 5.82 Å². The molecule has 2 aromatic carbocycles. The van der Waals surface area contributed by atoms with Crippen molar-refractivity contribution in [3.63, 3.8) is 0 Å². The molecule has 0 saturated carbocycles. The van der Waals surface area contributed by atoms with Gasteiger partial charge in [-0.05, 0) is 24.3 Å². The second kappa shape index (κ2) is 9.52. The van der Waals surface area contributed by atoms with Gasteiger partial charge in [0, 0.05) is 11.6 Å². The molecule has 0 spiro atoms. The minimum Gasteiger partial charge on any atom is -0.497 e. The van der Waals surface area contributed by atoms with Crippen LogP contribution in [0.4, 0.5) is 10.1 Å². The summed E-state index contributed by atoms with van der Waals surface area (Å²) in [4.78, 5) is 15.2. The molecule has 1 aliphatic heterocycles. The Kier molecular flexibility index (Phi) is 6.84. The van der Waals surface area contributed by atoms with Gasteiger partial charge < -0.3 is 24.6 Å². The molecule has 3 rings (SSSR count). The molecule has 1 aliphatic rings. The molecule has 2 aromatic rings. The summed E-state index contributed by atoms with van der Waals surface area (Å²) in [6.07, 6.45) is 0. The lowest BCUT2D eigenvalue weighted by Gasteiger charge is -2.29. The Hall–Kier alpha value is -2.64. The second-order valence-electron chi connectivity index (χ2n) is 7.09. The predicted molar refractivity (Wildman–Crippen MR) is 105 cm³/mol. The van der Waals surface area contributed by atoms with Gasteiger partial charge in [-0.15, -0.1) is 0 Å². The molecule has 28 heavy (non-hydrogen) atoms. The molecular formula is C21H28FN3O3+2. The number of piperazine rings is 1. The van der Waals surface area contributed by atoms with E-state index in [2.05, 4.69) is 5.32 Å². The number of nitrogens with one attached hydrogen (secondary N) is 3. The number of carbonyl (C=O) groups is 1. The van der Waals surface area contributed by atoms with Gasteiger partial charge in [-0.3, -0.25) is 4.79 Å². The number of carbonyl (C=O) groups excluding carboxylic acids is 1. The third-order valence-corrected chi connectivity index (χ3v) is 5.12. The van der Waals surface area contributed by atoms with E-state index in [0.717, 1.165) is 38.3 Å². The molecular weight excluding hydrogens is 361 g/mol. The van der Waals surface area contributed by atoms with E-state index in [0.29, 0.717) is 23.7 Å². The van der Waals surface area contributed by atoms with Crippen molar-refractivity contribution in [2.24, 2.45) is 0 Å². The molecule has 0 bridgehead atoms. The molecule has 0 atom stereocenters. The first kappa shape index (κ1) is 20.1. The van der Waals surface area contributed by atoms with Gasteiger partial charge in [0.2, 0.25) is 0 Å². The van der Waals surface area contributed by atoms with E-state index >= 15 is 0 Å². The van der Waals surface area contributed by atoms with Gasteiger partial charge in [0.25, 0.3) is 5.91 Å². The third kappa shape index (κ3) is 5.43. The van der Waals surface area contributed by atoms with E-state index in [4.69, 9.17) is 9.47 Å². The van der Waals surface area contributed by atoms with Crippen molar-refractivity contribution < 1.29 is 28.5 Å². The molecule has 0 radical (unpaired) electrons. The van der Waals surface area contributed by atoms with Crippen LogP contribution in [0.1, 0.15) is 5.56 Å². The number of hydrogen-bond donors (Lipinski definition) is 3. The molecule has 150 valence electrons. The first-order valence-electron chi connectivity index (χ1n) is 9.51. The number of amides is 1. The van der Waals surface area contributed by atoms with E-state index < -0.39 is 0 Å². The van der Waals surface area contributed by atoms with Crippen molar-refractivity contribution in [3.05, 3.63) is 53.8 Å². The van der Waals surface area contributed by atoms with Crippen molar-refractivity contribution in [1.82, 2.24) is 0 Å². The van der Waals surface area contributed by atoms with Gasteiger partial charge in [0.05, 0.1) is 19.9 Å². The van der Waals surface area contributed by atoms with E-state index in [9.17, 15) is 9.18 Å². The maximum atomic E-state index is 13.0. The summed E-state index contributed by atoms with van der Waals surface area (Å²) in [6, 6.07) is 12.0. The van der Waals surface area contributed by atoms with Crippen LogP contribution < -0.4 is 24.6 Å². The Morgan fingerprint density at radius 2 is 1.68 bits per heavy atom. The number of anilines is 1. The summed E-state index contributed by atoms with van der Waals surface area (Å²) in [5.74, 6) is 1.03. The Morgan fingerprint density at radius 3 is 2.32 bits per heavy atom. The van der Waals surface area contributed by atoms with E-state index in [1.54, 1.807) is 32.4 Å². The number of quaternary nitrogens is 2. The lowest BCUT2D eigenvalue weighted by molar-refractivity contribution is -1.02. The Morgan fingerprint density at radius 1 is 1.00 bits per heavy atom. The zero-order valence-corrected chi connectivity index (χ0v) is 16.4. The van der Waals surface area contributed by atoms with Crippen LogP contribution in [0.25, 0.3) is 0 Å². The van der Waals surface area contributed by atoms with Crippen LogP contribution in [-0.4, -0.2) is 52.9 Å². The average Bonchev–Trinajstić information content (AvgIpc) is 2.71. The fourth-order valence-corrected chi connectivity index (χ4v) is 3.52. The molecule has 1 amide bonds. The van der Waals surface area contributed by atoms with E-state index in [1.165, 1.54) is 21.9 Å². The lowest BCUT2D eigenvalue weighted by atomic mass is 10.2. The SMILES string of the molecule is COc1ccc(NC(=O)C[NH+]2CC[NH+](Cc3ccc(F)cc3)CC2)c(OC)c1. The summed E-state index contributed by atoms with van der Waals surface area (Å²) in [5, 5.41) is 2.93. The van der Waals surface area contributed by atoms with Crippen LogP contribution in [0.3, 0.4) is 0 Å². The Bertz CT molecular complexity index is 790. The number of rotatable bonds is 7. The number of ether oxygens (including phenoxy) is 2. The second-order valence-corrected chi connectivity index (χ2v) is 7.09. The van der Waals surface area contributed by atoms with Crippen molar-refractivity contribution in [3.8, 4) is 11.5 Å². The van der Waals surface area contributed by atoms with Gasteiger partial charge in [-0.25, -0.2) is 4.39 Å². The highest BCUT2D eigenvalue weighted by atomic mass is 19.1. The van der Waals surface area contributed by atoms with Gasteiger partial charge in [0.1, 0.15) is 50.0 Å². The highest BCUT2D eigenvalue weighted by molar-refractivity contribution is 5.93. The van der Waals surface area contributed by atoms with Crippen molar-refractivity contribution >= 4 is 11.6 Å².